The first-order chi connectivity index (χ1) is 16.7. The maximum atomic E-state index is 13.7. The Bertz CT molecular complexity index is 1260. The van der Waals surface area contributed by atoms with Crippen molar-refractivity contribution in [1.29, 1.82) is 0 Å². The molecule has 1 fully saturated rings. The molecule has 0 saturated carbocycles. The minimum Gasteiger partial charge on any atom is -0.496 e. The van der Waals surface area contributed by atoms with Crippen molar-refractivity contribution in [2.45, 2.75) is 12.5 Å². The second kappa shape index (κ2) is 9.80. The highest BCUT2D eigenvalue weighted by Crippen LogP contribution is 2.29. The predicted molar refractivity (Wildman–Crippen MR) is 125 cm³/mol. The van der Waals surface area contributed by atoms with Crippen molar-refractivity contribution in [3.05, 3.63) is 84.4 Å². The fourth-order valence-corrected chi connectivity index (χ4v) is 4.18. The zero-order chi connectivity index (χ0) is 23.3. The monoisotopic (exact) mass is 456 g/mol. The van der Waals surface area contributed by atoms with E-state index in [1.54, 1.807) is 38.0 Å². The van der Waals surface area contributed by atoms with Crippen LogP contribution in [0.2, 0.25) is 0 Å². The summed E-state index contributed by atoms with van der Waals surface area (Å²) >= 11 is 0. The van der Waals surface area contributed by atoms with Gasteiger partial charge in [-0.2, -0.15) is 15.0 Å². The summed E-state index contributed by atoms with van der Waals surface area (Å²) in [6.45, 7) is 1.46. The Labute approximate surface area is 197 Å². The Morgan fingerprint density at radius 2 is 1.85 bits per heavy atom. The Morgan fingerprint density at radius 3 is 2.65 bits per heavy atom. The lowest BCUT2D eigenvalue weighted by atomic mass is 10.00. The van der Waals surface area contributed by atoms with Gasteiger partial charge in [-0.3, -0.25) is 4.79 Å². The molecule has 1 saturated heterocycles. The third kappa shape index (κ3) is 4.38. The van der Waals surface area contributed by atoms with Gasteiger partial charge in [0.2, 0.25) is 0 Å². The van der Waals surface area contributed by atoms with E-state index in [1.807, 2.05) is 47.4 Å². The molecule has 1 aliphatic heterocycles. The van der Waals surface area contributed by atoms with E-state index >= 15 is 0 Å². The Morgan fingerprint density at radius 1 is 1.06 bits per heavy atom. The molecular formula is C25H24N6O3. The SMILES string of the molecule is COc1ccc(CC2COCCN2C(=O)c2ccccc2-n2nccn2)cc1-c1ncccn1. The van der Waals surface area contributed by atoms with Crippen LogP contribution in [0.3, 0.4) is 0 Å². The summed E-state index contributed by atoms with van der Waals surface area (Å²) in [7, 11) is 1.63. The fraction of sp³-hybridized carbons (Fsp3) is 0.240. The summed E-state index contributed by atoms with van der Waals surface area (Å²) in [5.41, 5.74) is 3.05. The van der Waals surface area contributed by atoms with Gasteiger partial charge in [0.25, 0.3) is 5.91 Å². The number of carbonyl (C=O) groups excluding carboxylic acids is 1. The highest BCUT2D eigenvalue weighted by molar-refractivity contribution is 5.98. The minimum atomic E-state index is -0.127. The maximum Gasteiger partial charge on any atom is 0.256 e. The number of methoxy groups -OCH3 is 1. The second-order valence-corrected chi connectivity index (χ2v) is 7.87. The largest absolute Gasteiger partial charge is 0.496 e. The number of carbonyl (C=O) groups is 1. The van der Waals surface area contributed by atoms with Gasteiger partial charge in [-0.25, -0.2) is 9.97 Å². The number of para-hydroxylation sites is 1. The number of benzene rings is 2. The maximum absolute atomic E-state index is 13.7. The van der Waals surface area contributed by atoms with Gasteiger partial charge in [-0.1, -0.05) is 18.2 Å². The van der Waals surface area contributed by atoms with Crippen molar-refractivity contribution in [3.8, 4) is 22.8 Å². The molecule has 0 radical (unpaired) electrons. The average molecular weight is 457 g/mol. The lowest BCUT2D eigenvalue weighted by molar-refractivity contribution is -0.00165. The lowest BCUT2D eigenvalue weighted by Gasteiger charge is -2.36. The van der Waals surface area contributed by atoms with Crippen LogP contribution >= 0.6 is 0 Å². The summed E-state index contributed by atoms with van der Waals surface area (Å²) in [6, 6.07) is 15.0. The minimum absolute atomic E-state index is 0.0682. The number of morpholine rings is 1. The van der Waals surface area contributed by atoms with Gasteiger partial charge in [-0.05, 0) is 42.3 Å². The highest BCUT2D eigenvalue weighted by atomic mass is 16.5. The van der Waals surface area contributed by atoms with E-state index < -0.39 is 0 Å². The van der Waals surface area contributed by atoms with Crippen LogP contribution < -0.4 is 4.74 Å². The smallest absolute Gasteiger partial charge is 0.256 e. The van der Waals surface area contributed by atoms with Gasteiger partial charge in [0.05, 0.1) is 55.6 Å². The van der Waals surface area contributed by atoms with Crippen molar-refractivity contribution < 1.29 is 14.3 Å². The van der Waals surface area contributed by atoms with Crippen molar-refractivity contribution in [2.24, 2.45) is 0 Å². The topological polar surface area (TPSA) is 95.3 Å². The molecule has 1 unspecified atom stereocenters. The van der Waals surface area contributed by atoms with Crippen molar-refractivity contribution in [2.75, 3.05) is 26.9 Å². The first-order valence-corrected chi connectivity index (χ1v) is 11.0. The summed E-state index contributed by atoms with van der Waals surface area (Å²) in [5.74, 6) is 1.22. The van der Waals surface area contributed by atoms with Crippen LogP contribution in [0.5, 0.6) is 5.75 Å². The molecule has 0 N–H and O–H groups in total. The van der Waals surface area contributed by atoms with Gasteiger partial charge in [0.1, 0.15) is 5.75 Å². The predicted octanol–water partition coefficient (Wildman–Crippen LogP) is 2.82. The normalized spacial score (nSPS) is 15.8. The van der Waals surface area contributed by atoms with Crippen LogP contribution in [0.25, 0.3) is 17.1 Å². The summed E-state index contributed by atoms with van der Waals surface area (Å²) in [4.78, 5) is 25.8. The zero-order valence-corrected chi connectivity index (χ0v) is 18.7. The number of aromatic nitrogens is 5. The van der Waals surface area contributed by atoms with Crippen LogP contribution in [0.15, 0.2) is 73.3 Å². The molecule has 2 aromatic heterocycles. The van der Waals surface area contributed by atoms with E-state index in [0.29, 0.717) is 49.0 Å². The molecule has 5 rings (SSSR count). The standard InChI is InChI=1S/C25H24N6O3/c1-33-23-8-7-18(16-21(23)24-26-9-4-10-27-24)15-19-17-34-14-13-30(19)25(32)20-5-2-3-6-22(20)31-28-11-12-29-31/h2-12,16,19H,13-15,17H2,1H3. The van der Waals surface area contributed by atoms with Gasteiger partial charge in [-0.15, -0.1) is 0 Å². The molecule has 1 atom stereocenters. The molecule has 9 nitrogen and oxygen atoms in total. The molecule has 3 heterocycles. The van der Waals surface area contributed by atoms with Crippen LogP contribution in [0.4, 0.5) is 0 Å². The number of nitrogens with zero attached hydrogens (tertiary/aromatic N) is 6. The van der Waals surface area contributed by atoms with E-state index in [2.05, 4.69) is 20.2 Å². The van der Waals surface area contributed by atoms with E-state index in [0.717, 1.165) is 11.1 Å². The van der Waals surface area contributed by atoms with E-state index in [4.69, 9.17) is 9.47 Å². The van der Waals surface area contributed by atoms with Crippen molar-refractivity contribution >= 4 is 5.91 Å². The van der Waals surface area contributed by atoms with Crippen LogP contribution in [-0.4, -0.2) is 68.7 Å². The number of hydrogen-bond donors (Lipinski definition) is 0. The van der Waals surface area contributed by atoms with E-state index in [-0.39, 0.29) is 11.9 Å². The number of rotatable bonds is 6. The fourth-order valence-electron chi connectivity index (χ4n) is 4.18. The first kappa shape index (κ1) is 21.7. The molecule has 1 amide bonds. The third-order valence-corrected chi connectivity index (χ3v) is 5.80. The highest BCUT2D eigenvalue weighted by Gasteiger charge is 2.30. The van der Waals surface area contributed by atoms with Crippen LogP contribution in [0, 0.1) is 0 Å². The lowest BCUT2D eigenvalue weighted by Crippen LogP contribution is -2.50. The molecule has 34 heavy (non-hydrogen) atoms. The van der Waals surface area contributed by atoms with Crippen molar-refractivity contribution in [3.63, 3.8) is 0 Å². The quantitative estimate of drug-likeness (QED) is 0.440. The molecule has 0 aliphatic carbocycles. The third-order valence-electron chi connectivity index (χ3n) is 5.80. The number of hydrogen-bond acceptors (Lipinski definition) is 7. The molecule has 2 aromatic carbocycles. The number of amides is 1. The van der Waals surface area contributed by atoms with Gasteiger partial charge >= 0.3 is 0 Å². The van der Waals surface area contributed by atoms with Crippen LogP contribution in [0.1, 0.15) is 15.9 Å². The van der Waals surface area contributed by atoms with Gasteiger partial charge in [0.15, 0.2) is 5.82 Å². The molecule has 0 spiro atoms. The summed E-state index contributed by atoms with van der Waals surface area (Å²) in [6.07, 6.45) is 7.22. The van der Waals surface area contributed by atoms with E-state index in [1.165, 1.54) is 4.80 Å². The molecule has 9 heteroatoms. The summed E-state index contributed by atoms with van der Waals surface area (Å²) in [5, 5.41) is 8.41. The molecular weight excluding hydrogens is 432 g/mol. The zero-order valence-electron chi connectivity index (χ0n) is 18.7. The molecule has 4 aromatic rings. The average Bonchev–Trinajstić information content (AvgIpc) is 3.44. The second-order valence-electron chi connectivity index (χ2n) is 7.87. The molecule has 0 bridgehead atoms. The Balaban J connectivity index is 1.43. The summed E-state index contributed by atoms with van der Waals surface area (Å²) < 4.78 is 11.3. The Kier molecular flexibility index (Phi) is 6.26. The van der Waals surface area contributed by atoms with Gasteiger partial charge < -0.3 is 14.4 Å². The van der Waals surface area contributed by atoms with Crippen molar-refractivity contribution in [1.82, 2.24) is 29.9 Å². The van der Waals surface area contributed by atoms with Crippen LogP contribution in [-0.2, 0) is 11.2 Å². The molecule has 172 valence electrons. The Hall–Kier alpha value is -4.11. The number of ether oxygens (including phenoxy) is 2. The van der Waals surface area contributed by atoms with Gasteiger partial charge in [0, 0.05) is 18.9 Å². The molecule has 1 aliphatic rings. The first-order valence-electron chi connectivity index (χ1n) is 11.0. The van der Waals surface area contributed by atoms with E-state index in [9.17, 15) is 4.79 Å².